The summed E-state index contributed by atoms with van der Waals surface area (Å²) in [7, 11) is 0. The lowest BCUT2D eigenvalue weighted by molar-refractivity contribution is 0.680. The first-order valence-electron chi connectivity index (χ1n) is 2.66. The molecule has 0 aliphatic heterocycles. The molecule has 4 heteroatoms. The maximum atomic E-state index is 5.70. The van der Waals surface area contributed by atoms with Crippen molar-refractivity contribution in [3.05, 3.63) is 22.8 Å². The van der Waals surface area contributed by atoms with Crippen LogP contribution in [-0.4, -0.2) is 4.98 Å². The van der Waals surface area contributed by atoms with E-state index in [9.17, 15) is 0 Å². The van der Waals surface area contributed by atoms with Crippen LogP contribution in [-0.2, 0) is 0 Å². The Labute approximate surface area is 78.2 Å². The highest BCUT2D eigenvalue weighted by molar-refractivity contribution is 14.1. The number of halogens is 2. The van der Waals surface area contributed by atoms with Crippen LogP contribution < -0.4 is 3.07 Å². The summed E-state index contributed by atoms with van der Waals surface area (Å²) < 4.78 is 4.82. The minimum atomic E-state index is 0.495. The maximum Gasteiger partial charge on any atom is 0.226 e. The van der Waals surface area contributed by atoms with Crippen molar-refractivity contribution < 1.29 is 3.07 Å². The second-order valence-electron chi connectivity index (χ2n) is 1.83. The van der Waals surface area contributed by atoms with Crippen molar-refractivity contribution in [3.63, 3.8) is 0 Å². The van der Waals surface area contributed by atoms with Crippen molar-refractivity contribution in [3.8, 4) is 5.88 Å². The number of rotatable bonds is 1. The Balaban J connectivity index is 3.04. The highest BCUT2D eigenvalue weighted by Gasteiger charge is 1.97. The van der Waals surface area contributed by atoms with Crippen molar-refractivity contribution in [2.75, 3.05) is 0 Å². The van der Waals surface area contributed by atoms with Gasteiger partial charge < -0.3 is 3.07 Å². The van der Waals surface area contributed by atoms with E-state index in [4.69, 9.17) is 14.7 Å². The lowest BCUT2D eigenvalue weighted by atomic mass is 10.3. The minimum Gasteiger partial charge on any atom is -0.408 e. The van der Waals surface area contributed by atoms with Gasteiger partial charge in [-0.1, -0.05) is 17.7 Å². The van der Waals surface area contributed by atoms with Gasteiger partial charge in [-0.3, -0.25) is 0 Å². The molecule has 0 N–H and O–H groups in total. The largest absolute Gasteiger partial charge is 0.408 e. The molecule has 1 aromatic rings. The van der Waals surface area contributed by atoms with Crippen LogP contribution in [0.2, 0.25) is 5.15 Å². The molecule has 1 aromatic heterocycles. The first-order valence-corrected chi connectivity index (χ1v) is 3.91. The van der Waals surface area contributed by atoms with Crippen LogP contribution in [0.4, 0.5) is 0 Å². The third kappa shape index (κ3) is 1.73. The Hall–Kier alpha value is -0.0300. The third-order valence-corrected chi connectivity index (χ3v) is 1.92. The number of hydrogen-bond acceptors (Lipinski definition) is 2. The lowest BCUT2D eigenvalue weighted by Gasteiger charge is -1.97. The summed E-state index contributed by atoms with van der Waals surface area (Å²) in [5.41, 5.74) is 0.957. The van der Waals surface area contributed by atoms with Gasteiger partial charge in [-0.2, -0.15) is 0 Å². The number of aromatic nitrogens is 1. The predicted molar refractivity (Wildman–Crippen MR) is 48.6 cm³/mol. The molecule has 0 saturated carbocycles. The number of aryl methyl sites for hydroxylation is 1. The fourth-order valence-corrected chi connectivity index (χ4v) is 0.922. The summed E-state index contributed by atoms with van der Waals surface area (Å²) in [6.07, 6.45) is 0. The minimum absolute atomic E-state index is 0.495. The molecule has 0 spiro atoms. The summed E-state index contributed by atoms with van der Waals surface area (Å²) >= 11 is 7.46. The van der Waals surface area contributed by atoms with Crippen molar-refractivity contribution in [2.24, 2.45) is 0 Å². The van der Waals surface area contributed by atoms with E-state index in [0.29, 0.717) is 11.0 Å². The molecule has 0 bridgehead atoms. The van der Waals surface area contributed by atoms with E-state index in [0.717, 1.165) is 5.56 Å². The van der Waals surface area contributed by atoms with Crippen molar-refractivity contribution in [1.82, 2.24) is 4.98 Å². The molecular weight excluding hydrogens is 264 g/mol. The van der Waals surface area contributed by atoms with Gasteiger partial charge in [0, 0.05) is 6.07 Å². The van der Waals surface area contributed by atoms with Gasteiger partial charge in [0.2, 0.25) is 5.88 Å². The second kappa shape index (κ2) is 3.39. The van der Waals surface area contributed by atoms with Crippen LogP contribution in [0, 0.1) is 6.92 Å². The molecule has 0 amide bonds. The van der Waals surface area contributed by atoms with Crippen LogP contribution in [0.5, 0.6) is 5.88 Å². The standard InChI is InChI=1S/C6H5ClINO/c1-4-2-3-5(10-8)9-6(4)7/h2-3H,1H3. The van der Waals surface area contributed by atoms with E-state index < -0.39 is 0 Å². The van der Waals surface area contributed by atoms with Crippen LogP contribution in [0.15, 0.2) is 12.1 Å². The Morgan fingerprint density at radius 3 is 2.80 bits per heavy atom. The van der Waals surface area contributed by atoms with Gasteiger partial charge in [-0.05, 0) is 12.5 Å². The lowest BCUT2D eigenvalue weighted by Crippen LogP contribution is -1.83. The molecule has 0 atom stereocenters. The molecule has 1 rings (SSSR count). The normalized spacial score (nSPS) is 9.50. The van der Waals surface area contributed by atoms with E-state index in [1.807, 2.05) is 13.0 Å². The SMILES string of the molecule is Cc1ccc(OI)nc1Cl. The van der Waals surface area contributed by atoms with E-state index in [-0.39, 0.29) is 0 Å². The molecule has 0 aromatic carbocycles. The van der Waals surface area contributed by atoms with Crippen LogP contribution >= 0.6 is 34.6 Å². The fraction of sp³-hybridized carbons (Fsp3) is 0.167. The van der Waals surface area contributed by atoms with E-state index >= 15 is 0 Å². The number of nitrogens with zero attached hydrogens (tertiary/aromatic N) is 1. The monoisotopic (exact) mass is 269 g/mol. The first-order chi connectivity index (χ1) is 4.74. The van der Waals surface area contributed by atoms with E-state index in [1.54, 1.807) is 29.1 Å². The quantitative estimate of drug-likeness (QED) is 0.578. The number of hydrogen-bond donors (Lipinski definition) is 0. The maximum absolute atomic E-state index is 5.70. The van der Waals surface area contributed by atoms with Gasteiger partial charge in [0.15, 0.2) is 23.0 Å². The summed E-state index contributed by atoms with van der Waals surface area (Å²) in [5.74, 6) is 0.538. The van der Waals surface area contributed by atoms with Crippen molar-refractivity contribution in [2.45, 2.75) is 6.92 Å². The Bertz CT molecular complexity index is 241. The van der Waals surface area contributed by atoms with Gasteiger partial charge in [-0.25, -0.2) is 4.98 Å². The van der Waals surface area contributed by atoms with Gasteiger partial charge in [-0.15, -0.1) is 0 Å². The second-order valence-corrected chi connectivity index (χ2v) is 2.63. The highest BCUT2D eigenvalue weighted by atomic mass is 127. The topological polar surface area (TPSA) is 22.1 Å². The summed E-state index contributed by atoms with van der Waals surface area (Å²) in [6, 6.07) is 3.64. The molecule has 0 aliphatic carbocycles. The fourth-order valence-electron chi connectivity index (χ4n) is 0.530. The molecule has 54 valence electrons. The first kappa shape index (κ1) is 8.07. The zero-order valence-corrected chi connectivity index (χ0v) is 8.18. The molecular formula is C6H5ClINO. The molecule has 0 aliphatic rings. The summed E-state index contributed by atoms with van der Waals surface area (Å²) in [4.78, 5) is 3.93. The zero-order chi connectivity index (χ0) is 7.56. The van der Waals surface area contributed by atoms with Gasteiger partial charge in [0.25, 0.3) is 0 Å². The molecule has 0 unspecified atom stereocenters. The Morgan fingerprint density at radius 2 is 2.30 bits per heavy atom. The van der Waals surface area contributed by atoms with Crippen molar-refractivity contribution >= 4 is 34.6 Å². The van der Waals surface area contributed by atoms with Crippen LogP contribution in [0.1, 0.15) is 5.56 Å². The van der Waals surface area contributed by atoms with E-state index in [1.165, 1.54) is 0 Å². The summed E-state index contributed by atoms with van der Waals surface area (Å²) in [6.45, 7) is 1.90. The van der Waals surface area contributed by atoms with Gasteiger partial charge >= 0.3 is 0 Å². The van der Waals surface area contributed by atoms with Crippen LogP contribution in [0.25, 0.3) is 0 Å². The third-order valence-electron chi connectivity index (χ3n) is 1.09. The van der Waals surface area contributed by atoms with E-state index in [2.05, 4.69) is 4.98 Å². The zero-order valence-electron chi connectivity index (χ0n) is 5.27. The number of pyridine rings is 1. The molecule has 0 saturated heterocycles. The Kier molecular flexibility index (Phi) is 2.73. The Morgan fingerprint density at radius 1 is 1.60 bits per heavy atom. The molecule has 1 heterocycles. The predicted octanol–water partition coefficient (Wildman–Crippen LogP) is 2.77. The van der Waals surface area contributed by atoms with Crippen molar-refractivity contribution in [1.29, 1.82) is 0 Å². The van der Waals surface area contributed by atoms with Gasteiger partial charge in [0.05, 0.1) is 0 Å². The van der Waals surface area contributed by atoms with Gasteiger partial charge in [0.1, 0.15) is 5.15 Å². The van der Waals surface area contributed by atoms with Crippen LogP contribution in [0.3, 0.4) is 0 Å². The average Bonchev–Trinajstić information content (AvgIpc) is 1.95. The summed E-state index contributed by atoms with van der Waals surface area (Å²) in [5, 5.41) is 0.495. The smallest absolute Gasteiger partial charge is 0.226 e. The molecule has 10 heavy (non-hydrogen) atoms. The molecule has 0 radical (unpaired) electrons. The molecule has 0 fully saturated rings. The average molecular weight is 269 g/mol. The molecule has 2 nitrogen and oxygen atoms in total. The highest BCUT2D eigenvalue weighted by Crippen LogP contribution is 2.17.